The van der Waals surface area contributed by atoms with Crippen molar-refractivity contribution < 1.29 is 9.53 Å². The molecule has 25 heavy (non-hydrogen) atoms. The van der Waals surface area contributed by atoms with E-state index in [1.54, 1.807) is 17.0 Å². The Hall–Kier alpha value is -2.47. The van der Waals surface area contributed by atoms with Crippen LogP contribution in [0.4, 0.5) is 0 Å². The standard InChI is InChI=1S/C19H24N4O2/c1-3-10-25-18-7-9-23(17(18)11-15-13-21-22(2)14-15)19(24)12-16-6-4-5-8-20-16/h3-6,8,13-14,17-18H,1,7,9-12H2,2H3/t17-,18-/m1/s1. The maximum absolute atomic E-state index is 12.8. The molecule has 1 aliphatic rings. The number of pyridine rings is 1. The first-order valence-electron chi connectivity index (χ1n) is 8.56. The van der Waals surface area contributed by atoms with Crippen LogP contribution in [-0.4, -0.2) is 50.9 Å². The molecule has 2 atom stereocenters. The highest BCUT2D eigenvalue weighted by Gasteiger charge is 2.37. The van der Waals surface area contributed by atoms with E-state index in [0.717, 1.165) is 24.1 Å². The van der Waals surface area contributed by atoms with Gasteiger partial charge in [0.2, 0.25) is 5.91 Å². The molecule has 6 heteroatoms. The topological polar surface area (TPSA) is 60.2 Å². The highest BCUT2D eigenvalue weighted by molar-refractivity contribution is 5.79. The molecule has 0 radical (unpaired) electrons. The fraction of sp³-hybridized carbons (Fsp3) is 0.421. The predicted molar refractivity (Wildman–Crippen MR) is 94.9 cm³/mol. The Morgan fingerprint density at radius 1 is 1.48 bits per heavy atom. The lowest BCUT2D eigenvalue weighted by Crippen LogP contribution is -2.42. The molecule has 132 valence electrons. The van der Waals surface area contributed by atoms with Crippen molar-refractivity contribution in [3.05, 3.63) is 60.7 Å². The number of amides is 1. The van der Waals surface area contributed by atoms with Gasteiger partial charge in [-0.25, -0.2) is 0 Å². The summed E-state index contributed by atoms with van der Waals surface area (Å²) in [6.45, 7) is 4.92. The van der Waals surface area contributed by atoms with Gasteiger partial charge in [0.15, 0.2) is 0 Å². The third-order valence-electron chi connectivity index (χ3n) is 4.49. The van der Waals surface area contributed by atoms with Crippen LogP contribution in [0.5, 0.6) is 0 Å². The first kappa shape index (κ1) is 17.4. The molecule has 0 saturated carbocycles. The predicted octanol–water partition coefficient (Wildman–Crippen LogP) is 1.77. The van der Waals surface area contributed by atoms with Gasteiger partial charge in [0, 0.05) is 31.7 Å². The number of ether oxygens (including phenoxy) is 1. The fourth-order valence-electron chi connectivity index (χ4n) is 3.34. The Morgan fingerprint density at radius 3 is 3.04 bits per heavy atom. The molecule has 1 saturated heterocycles. The van der Waals surface area contributed by atoms with Crippen LogP contribution in [0.15, 0.2) is 49.4 Å². The average Bonchev–Trinajstić information content (AvgIpc) is 3.20. The van der Waals surface area contributed by atoms with Crippen molar-refractivity contribution in [1.82, 2.24) is 19.7 Å². The summed E-state index contributed by atoms with van der Waals surface area (Å²) in [4.78, 5) is 19.0. The number of carbonyl (C=O) groups excluding carboxylic acids is 1. The van der Waals surface area contributed by atoms with E-state index in [4.69, 9.17) is 4.74 Å². The summed E-state index contributed by atoms with van der Waals surface area (Å²) in [7, 11) is 1.90. The van der Waals surface area contributed by atoms with Crippen molar-refractivity contribution >= 4 is 5.91 Å². The minimum absolute atomic E-state index is 0.0142. The maximum atomic E-state index is 12.8. The third-order valence-corrected chi connectivity index (χ3v) is 4.49. The molecule has 0 bridgehead atoms. The molecule has 0 spiro atoms. The zero-order valence-corrected chi connectivity index (χ0v) is 14.5. The second-order valence-electron chi connectivity index (χ2n) is 6.33. The van der Waals surface area contributed by atoms with Crippen LogP contribution in [0, 0.1) is 0 Å². The van der Waals surface area contributed by atoms with E-state index < -0.39 is 0 Å². The largest absolute Gasteiger partial charge is 0.372 e. The second-order valence-corrected chi connectivity index (χ2v) is 6.33. The molecule has 2 aromatic rings. The molecular formula is C19H24N4O2. The van der Waals surface area contributed by atoms with Gasteiger partial charge in [-0.15, -0.1) is 6.58 Å². The van der Waals surface area contributed by atoms with Crippen molar-refractivity contribution in [3.63, 3.8) is 0 Å². The Bertz CT molecular complexity index is 713. The summed E-state index contributed by atoms with van der Waals surface area (Å²) in [6, 6.07) is 5.66. The molecule has 0 N–H and O–H groups in total. The monoisotopic (exact) mass is 340 g/mol. The van der Waals surface area contributed by atoms with Crippen molar-refractivity contribution in [2.45, 2.75) is 31.4 Å². The molecule has 6 nitrogen and oxygen atoms in total. The van der Waals surface area contributed by atoms with Gasteiger partial charge in [0.1, 0.15) is 0 Å². The summed E-state index contributed by atoms with van der Waals surface area (Å²) in [6.07, 6.45) is 9.23. The Morgan fingerprint density at radius 2 is 2.36 bits per heavy atom. The number of rotatable bonds is 7. The molecule has 0 unspecified atom stereocenters. The quantitative estimate of drug-likeness (QED) is 0.721. The van der Waals surface area contributed by atoms with Gasteiger partial charge in [-0.1, -0.05) is 12.1 Å². The number of nitrogens with zero attached hydrogens (tertiary/aromatic N) is 4. The Kier molecular flexibility index (Phi) is 5.60. The number of aromatic nitrogens is 3. The van der Waals surface area contributed by atoms with Gasteiger partial charge in [0.05, 0.1) is 31.4 Å². The first-order valence-corrected chi connectivity index (χ1v) is 8.56. The lowest BCUT2D eigenvalue weighted by molar-refractivity contribution is -0.132. The van der Waals surface area contributed by atoms with Gasteiger partial charge >= 0.3 is 0 Å². The van der Waals surface area contributed by atoms with Gasteiger partial charge in [-0.3, -0.25) is 14.5 Å². The number of hydrogen-bond acceptors (Lipinski definition) is 4. The van der Waals surface area contributed by atoms with Crippen LogP contribution in [0.3, 0.4) is 0 Å². The minimum atomic E-state index is 0.0142. The van der Waals surface area contributed by atoms with Crippen LogP contribution < -0.4 is 0 Å². The summed E-state index contributed by atoms with van der Waals surface area (Å²) in [5.41, 5.74) is 1.90. The van der Waals surface area contributed by atoms with E-state index >= 15 is 0 Å². The van der Waals surface area contributed by atoms with Crippen LogP contribution in [0.25, 0.3) is 0 Å². The highest BCUT2D eigenvalue weighted by Crippen LogP contribution is 2.25. The van der Waals surface area contributed by atoms with Crippen molar-refractivity contribution in [2.24, 2.45) is 7.05 Å². The molecule has 1 amide bonds. The zero-order valence-electron chi connectivity index (χ0n) is 14.5. The van der Waals surface area contributed by atoms with Crippen LogP contribution in [-0.2, 0) is 29.4 Å². The fourth-order valence-corrected chi connectivity index (χ4v) is 3.34. The summed E-state index contributed by atoms with van der Waals surface area (Å²) in [5.74, 6) is 0.0947. The lowest BCUT2D eigenvalue weighted by Gasteiger charge is -2.28. The van der Waals surface area contributed by atoms with Crippen molar-refractivity contribution in [1.29, 1.82) is 0 Å². The molecular weight excluding hydrogens is 316 g/mol. The van der Waals surface area contributed by atoms with E-state index in [9.17, 15) is 4.79 Å². The van der Waals surface area contributed by atoms with Crippen LogP contribution >= 0.6 is 0 Å². The number of likely N-dealkylation sites (tertiary alicyclic amines) is 1. The number of carbonyl (C=O) groups is 1. The van der Waals surface area contributed by atoms with Gasteiger partial charge in [-0.05, 0) is 30.5 Å². The SMILES string of the molecule is C=CCO[C@@H]1CCN(C(=O)Cc2ccccn2)[C@@H]1Cc1cnn(C)c1. The molecule has 0 aliphatic carbocycles. The summed E-state index contributed by atoms with van der Waals surface area (Å²) >= 11 is 0. The van der Waals surface area contributed by atoms with E-state index in [2.05, 4.69) is 16.7 Å². The van der Waals surface area contributed by atoms with Crippen molar-refractivity contribution in [2.75, 3.05) is 13.2 Å². The number of aryl methyl sites for hydroxylation is 1. The normalized spacial score (nSPS) is 20.0. The zero-order chi connectivity index (χ0) is 17.6. The second kappa shape index (κ2) is 8.07. The van der Waals surface area contributed by atoms with Gasteiger partial charge in [-0.2, -0.15) is 5.10 Å². The van der Waals surface area contributed by atoms with Gasteiger partial charge in [0.25, 0.3) is 0 Å². The van der Waals surface area contributed by atoms with Crippen molar-refractivity contribution in [3.8, 4) is 0 Å². The minimum Gasteiger partial charge on any atom is -0.372 e. The lowest BCUT2D eigenvalue weighted by atomic mass is 10.0. The Labute approximate surface area is 148 Å². The Balaban J connectivity index is 1.73. The van der Waals surface area contributed by atoms with Gasteiger partial charge < -0.3 is 9.64 Å². The van der Waals surface area contributed by atoms with E-state index in [1.165, 1.54) is 0 Å². The highest BCUT2D eigenvalue weighted by atomic mass is 16.5. The molecule has 0 aromatic carbocycles. The molecule has 3 rings (SSSR count). The van der Waals surface area contributed by atoms with E-state index in [0.29, 0.717) is 19.6 Å². The molecule has 3 heterocycles. The third kappa shape index (κ3) is 4.33. The molecule has 1 fully saturated rings. The summed E-state index contributed by atoms with van der Waals surface area (Å²) < 4.78 is 7.70. The molecule has 1 aliphatic heterocycles. The molecule has 2 aromatic heterocycles. The smallest absolute Gasteiger partial charge is 0.228 e. The van der Waals surface area contributed by atoms with Crippen LogP contribution in [0.2, 0.25) is 0 Å². The maximum Gasteiger partial charge on any atom is 0.228 e. The average molecular weight is 340 g/mol. The summed E-state index contributed by atoms with van der Waals surface area (Å²) in [5, 5.41) is 4.23. The van der Waals surface area contributed by atoms with Crippen LogP contribution in [0.1, 0.15) is 17.7 Å². The van der Waals surface area contributed by atoms with E-state index in [-0.39, 0.29) is 18.1 Å². The van der Waals surface area contributed by atoms with E-state index in [1.807, 2.05) is 42.5 Å². The number of hydrogen-bond donors (Lipinski definition) is 0. The first-order chi connectivity index (χ1) is 12.2.